The maximum Gasteiger partial charge on any atom is 0.0806 e. The summed E-state index contributed by atoms with van der Waals surface area (Å²) in [6.45, 7) is 0. The predicted octanol–water partition coefficient (Wildman–Crippen LogP) is 7.98. The van der Waals surface area contributed by atoms with E-state index < -0.39 is 0 Å². The summed E-state index contributed by atoms with van der Waals surface area (Å²) in [5.74, 6) is 0.169. The van der Waals surface area contributed by atoms with Crippen molar-refractivity contribution in [3.63, 3.8) is 0 Å². The van der Waals surface area contributed by atoms with Gasteiger partial charge in [0.1, 0.15) is 0 Å². The number of hydrogen-bond donors (Lipinski definition) is 2. The van der Waals surface area contributed by atoms with E-state index in [2.05, 4.69) is 114 Å². The molecule has 2 unspecified atom stereocenters. The normalized spacial score (nSPS) is 16.4. The third kappa shape index (κ3) is 3.37. The molecule has 1 aliphatic rings. The average Bonchev–Trinajstić information content (AvgIpc) is 3.56. The second-order valence-corrected chi connectivity index (χ2v) is 9.92. The van der Waals surface area contributed by atoms with Crippen molar-refractivity contribution in [3.8, 4) is 11.1 Å². The summed E-state index contributed by atoms with van der Waals surface area (Å²) >= 11 is 7.33. The summed E-state index contributed by atoms with van der Waals surface area (Å²) in [6.07, 6.45) is 8.06. The second-order valence-electron chi connectivity index (χ2n) is 8.09. The SMILES string of the molecule is Brc1ccc2[nH]c3c(-c4ccc(C(c5ccc[nH]5)C5C=CC=N5)cc4)cc(Br)cc3c2c1. The van der Waals surface area contributed by atoms with Crippen LogP contribution in [0.5, 0.6) is 0 Å². The number of nitrogens with zero attached hydrogens (tertiary/aromatic N) is 1. The standard InChI is InChI=1S/C27H19Br2N3/c28-18-9-10-23-21(13-18)22-15-19(29)14-20(27(22)32-23)16-5-7-17(8-6-16)26(24-3-1-11-30-24)25-4-2-12-31-25/h1-15,24,26,31-32H. The van der Waals surface area contributed by atoms with E-state index in [1.54, 1.807) is 0 Å². The van der Waals surface area contributed by atoms with Gasteiger partial charge in [0, 0.05) is 48.9 Å². The van der Waals surface area contributed by atoms with Crippen molar-refractivity contribution in [2.45, 2.75) is 12.0 Å². The van der Waals surface area contributed by atoms with Crippen molar-refractivity contribution < 1.29 is 0 Å². The smallest absolute Gasteiger partial charge is 0.0806 e. The summed E-state index contributed by atoms with van der Waals surface area (Å²) in [4.78, 5) is 11.7. The quantitative estimate of drug-likeness (QED) is 0.230. The van der Waals surface area contributed by atoms with Crippen LogP contribution in [0.25, 0.3) is 32.9 Å². The Morgan fingerprint density at radius 3 is 2.47 bits per heavy atom. The Hall–Kier alpha value is -2.89. The molecule has 0 amide bonds. The Morgan fingerprint density at radius 1 is 0.875 bits per heavy atom. The van der Waals surface area contributed by atoms with Gasteiger partial charge < -0.3 is 9.97 Å². The number of rotatable bonds is 4. The van der Waals surface area contributed by atoms with Gasteiger partial charge in [0.2, 0.25) is 0 Å². The summed E-state index contributed by atoms with van der Waals surface area (Å²) in [6, 6.07) is 23.9. The van der Waals surface area contributed by atoms with Crippen LogP contribution in [0.15, 0.2) is 99.0 Å². The monoisotopic (exact) mass is 543 g/mol. The molecule has 0 radical (unpaired) electrons. The molecular weight excluding hydrogens is 526 g/mol. The molecule has 2 aromatic heterocycles. The number of allylic oxidation sites excluding steroid dienone is 1. The highest BCUT2D eigenvalue weighted by Crippen LogP contribution is 2.38. The van der Waals surface area contributed by atoms with Crippen molar-refractivity contribution in [1.82, 2.24) is 9.97 Å². The highest BCUT2D eigenvalue weighted by atomic mass is 79.9. The summed E-state index contributed by atoms with van der Waals surface area (Å²) in [5, 5.41) is 2.43. The molecule has 32 heavy (non-hydrogen) atoms. The number of aliphatic imine (C=N–C) groups is 1. The van der Waals surface area contributed by atoms with Crippen LogP contribution in [0, 0.1) is 0 Å². The van der Waals surface area contributed by atoms with Crippen molar-refractivity contribution in [2.24, 2.45) is 4.99 Å². The molecule has 5 aromatic rings. The molecule has 2 atom stereocenters. The topological polar surface area (TPSA) is 43.9 Å². The first-order valence-electron chi connectivity index (χ1n) is 10.5. The van der Waals surface area contributed by atoms with E-state index in [0.29, 0.717) is 0 Å². The number of aromatic amines is 2. The minimum atomic E-state index is 0.115. The molecule has 2 N–H and O–H groups in total. The van der Waals surface area contributed by atoms with Crippen molar-refractivity contribution >= 4 is 59.9 Å². The van der Waals surface area contributed by atoms with Crippen LogP contribution in [0.4, 0.5) is 0 Å². The Kier molecular flexibility index (Phi) is 4.89. The van der Waals surface area contributed by atoms with E-state index in [1.165, 1.54) is 33.2 Å². The molecule has 0 spiro atoms. The number of nitrogens with one attached hydrogen (secondary N) is 2. The molecule has 156 valence electrons. The van der Waals surface area contributed by atoms with Crippen LogP contribution in [0.1, 0.15) is 17.2 Å². The van der Waals surface area contributed by atoms with Gasteiger partial charge in [-0.25, -0.2) is 0 Å². The minimum absolute atomic E-state index is 0.115. The van der Waals surface area contributed by atoms with Gasteiger partial charge in [0.25, 0.3) is 0 Å². The number of benzene rings is 3. The molecule has 0 bridgehead atoms. The van der Waals surface area contributed by atoms with E-state index in [4.69, 9.17) is 0 Å². The Balaban J connectivity index is 1.46. The van der Waals surface area contributed by atoms with Crippen LogP contribution < -0.4 is 0 Å². The Labute approximate surface area is 202 Å². The zero-order valence-corrected chi connectivity index (χ0v) is 20.2. The van der Waals surface area contributed by atoms with Crippen LogP contribution in [-0.2, 0) is 0 Å². The molecule has 0 saturated carbocycles. The van der Waals surface area contributed by atoms with Gasteiger partial charge in [-0.3, -0.25) is 4.99 Å². The van der Waals surface area contributed by atoms with Gasteiger partial charge in [0.15, 0.2) is 0 Å². The van der Waals surface area contributed by atoms with Gasteiger partial charge in [-0.2, -0.15) is 0 Å². The second kappa shape index (κ2) is 7.91. The number of H-pyrrole nitrogens is 2. The molecule has 3 aromatic carbocycles. The minimum Gasteiger partial charge on any atom is -0.364 e. The van der Waals surface area contributed by atoms with E-state index in [-0.39, 0.29) is 12.0 Å². The van der Waals surface area contributed by atoms with E-state index in [9.17, 15) is 0 Å². The third-order valence-electron chi connectivity index (χ3n) is 6.17. The van der Waals surface area contributed by atoms with Gasteiger partial charge in [0.05, 0.1) is 17.5 Å². The zero-order chi connectivity index (χ0) is 21.7. The third-order valence-corrected chi connectivity index (χ3v) is 7.12. The maximum atomic E-state index is 4.66. The highest BCUT2D eigenvalue weighted by Gasteiger charge is 2.24. The predicted molar refractivity (Wildman–Crippen MR) is 141 cm³/mol. The molecule has 3 nitrogen and oxygen atoms in total. The number of halogens is 2. The molecule has 0 saturated heterocycles. The van der Waals surface area contributed by atoms with Gasteiger partial charge in [-0.05, 0) is 59.7 Å². The van der Waals surface area contributed by atoms with E-state index >= 15 is 0 Å². The van der Waals surface area contributed by atoms with Crippen LogP contribution in [-0.4, -0.2) is 22.2 Å². The largest absolute Gasteiger partial charge is 0.364 e. The first kappa shape index (κ1) is 19.8. The lowest BCUT2D eigenvalue weighted by molar-refractivity contribution is 0.696. The Bertz CT molecular complexity index is 1480. The van der Waals surface area contributed by atoms with E-state index in [0.717, 1.165) is 20.0 Å². The fraction of sp³-hybridized carbons (Fsp3) is 0.0741. The molecule has 0 fully saturated rings. The maximum absolute atomic E-state index is 4.66. The van der Waals surface area contributed by atoms with Crippen LogP contribution >= 0.6 is 31.9 Å². The fourth-order valence-electron chi connectivity index (χ4n) is 4.69. The number of aromatic nitrogens is 2. The van der Waals surface area contributed by atoms with Crippen molar-refractivity contribution in [3.05, 3.63) is 105 Å². The number of hydrogen-bond acceptors (Lipinski definition) is 1. The Morgan fingerprint density at radius 2 is 1.72 bits per heavy atom. The first-order chi connectivity index (χ1) is 15.7. The molecule has 3 heterocycles. The van der Waals surface area contributed by atoms with Gasteiger partial charge in [-0.1, -0.05) is 62.2 Å². The van der Waals surface area contributed by atoms with Crippen molar-refractivity contribution in [2.75, 3.05) is 0 Å². The summed E-state index contributed by atoms with van der Waals surface area (Å²) < 4.78 is 2.15. The number of fused-ring (bicyclic) bond motifs is 3. The summed E-state index contributed by atoms with van der Waals surface area (Å²) in [5.41, 5.74) is 7.08. The summed E-state index contributed by atoms with van der Waals surface area (Å²) in [7, 11) is 0. The zero-order valence-electron chi connectivity index (χ0n) is 17.0. The lowest BCUT2D eigenvalue weighted by Gasteiger charge is -2.20. The average molecular weight is 545 g/mol. The lowest BCUT2D eigenvalue weighted by atomic mass is 9.88. The molecule has 0 aliphatic carbocycles. The van der Waals surface area contributed by atoms with Crippen LogP contribution in [0.3, 0.4) is 0 Å². The molecular formula is C27H19Br2N3. The molecule has 5 heteroatoms. The first-order valence-corrected chi connectivity index (χ1v) is 12.1. The van der Waals surface area contributed by atoms with Gasteiger partial charge in [-0.15, -0.1) is 0 Å². The highest BCUT2D eigenvalue weighted by molar-refractivity contribution is 9.10. The van der Waals surface area contributed by atoms with Crippen LogP contribution in [0.2, 0.25) is 0 Å². The van der Waals surface area contributed by atoms with Gasteiger partial charge >= 0.3 is 0 Å². The fourth-order valence-corrected chi connectivity index (χ4v) is 5.51. The molecule has 1 aliphatic heterocycles. The van der Waals surface area contributed by atoms with E-state index in [1.807, 2.05) is 24.6 Å². The molecule has 6 rings (SSSR count). The van der Waals surface area contributed by atoms with Crippen molar-refractivity contribution in [1.29, 1.82) is 0 Å². The lowest BCUT2D eigenvalue weighted by Crippen LogP contribution is -2.15.